The third-order valence-electron chi connectivity index (χ3n) is 6.98. The molecule has 1 saturated heterocycles. The molecule has 47 heavy (non-hydrogen) atoms. The molecule has 6 atom stereocenters. The molecular weight excluding hydrogens is 637 g/mol. The molecule has 2 aromatic rings. The van der Waals surface area contributed by atoms with E-state index < -0.39 is 80.2 Å². The molecule has 3 rings (SSSR count). The van der Waals surface area contributed by atoms with Crippen LogP contribution in [0.3, 0.4) is 0 Å². The molecule has 0 aliphatic carbocycles. The number of carbonyl (C=O) groups excluding carboxylic acids is 3. The molecule has 0 spiro atoms. The monoisotopic (exact) mass is 681 g/mol. The second-order valence-electron chi connectivity index (χ2n) is 11.9. The third kappa shape index (κ3) is 9.07. The van der Waals surface area contributed by atoms with Gasteiger partial charge in [-0.3, -0.25) is 23.4 Å². The highest BCUT2D eigenvalue weighted by Gasteiger charge is 2.62. The quantitative estimate of drug-likeness (QED) is 0.113. The highest BCUT2D eigenvalue weighted by molar-refractivity contribution is 7.51. The molecule has 3 N–H and O–H groups in total. The molecule has 3 heterocycles. The van der Waals surface area contributed by atoms with Crippen LogP contribution in [0, 0.1) is 23.2 Å². The van der Waals surface area contributed by atoms with E-state index in [1.165, 1.54) is 24.7 Å². The highest BCUT2D eigenvalue weighted by atomic mass is 31.2. The number of nitriles is 1. The minimum Gasteiger partial charge on any atom is -0.462 e. The van der Waals surface area contributed by atoms with Crippen LogP contribution in [0.1, 0.15) is 60.3 Å². The summed E-state index contributed by atoms with van der Waals surface area (Å²) in [5.74, 6) is -3.38. The summed E-state index contributed by atoms with van der Waals surface area (Å²) in [6.45, 7) is 10.1. The standard InChI is InChI=1S/C30H44N5O11P/c1-17(2)27(36)44-25-24(23-10-9-22-21(32)11-12-33-35(22)23)46-30(15-31,26(25)45-28(37)18(3)4)16-42-47(39,41-14-13-40-8)34-20(7)29(38)43-19(5)6/h9-12,17-20,24-26H,13-14,16,32H2,1-8H3,(H,34,39)/t20-,24-,25-,26-,30+,47?/m0/s1. The first-order valence-electron chi connectivity index (χ1n) is 15.2. The number of nitrogens with zero attached hydrogens (tertiary/aromatic N) is 3. The lowest BCUT2D eigenvalue weighted by atomic mass is 9.95. The van der Waals surface area contributed by atoms with Gasteiger partial charge in [-0.15, -0.1) is 0 Å². The maximum atomic E-state index is 14.0. The third-order valence-corrected chi connectivity index (χ3v) is 8.68. The van der Waals surface area contributed by atoms with Crippen molar-refractivity contribution < 1.29 is 51.7 Å². The van der Waals surface area contributed by atoms with Gasteiger partial charge in [-0.1, -0.05) is 27.7 Å². The number of anilines is 1. The number of carbonyl (C=O) groups is 3. The average molecular weight is 682 g/mol. The second-order valence-corrected chi connectivity index (χ2v) is 13.7. The van der Waals surface area contributed by atoms with Gasteiger partial charge in [0.15, 0.2) is 12.2 Å². The first kappa shape index (κ1) is 37.9. The Balaban J connectivity index is 2.10. The predicted molar refractivity (Wildman–Crippen MR) is 166 cm³/mol. The van der Waals surface area contributed by atoms with Crippen molar-refractivity contribution in [3.63, 3.8) is 0 Å². The van der Waals surface area contributed by atoms with Gasteiger partial charge in [0, 0.05) is 13.3 Å². The number of ether oxygens (including phenoxy) is 5. The lowest BCUT2D eigenvalue weighted by molar-refractivity contribution is -0.173. The lowest BCUT2D eigenvalue weighted by Gasteiger charge is -2.31. The van der Waals surface area contributed by atoms with Gasteiger partial charge in [0.05, 0.1) is 48.1 Å². The van der Waals surface area contributed by atoms with Crippen LogP contribution < -0.4 is 10.8 Å². The Morgan fingerprint density at radius 1 is 1.04 bits per heavy atom. The van der Waals surface area contributed by atoms with Crippen LogP contribution >= 0.6 is 7.75 Å². The number of hydrogen-bond donors (Lipinski definition) is 2. The van der Waals surface area contributed by atoms with Crippen LogP contribution in [-0.4, -0.2) is 84.4 Å². The van der Waals surface area contributed by atoms with E-state index >= 15 is 0 Å². The molecule has 0 bridgehead atoms. The van der Waals surface area contributed by atoms with Crippen molar-refractivity contribution in [3.8, 4) is 6.07 Å². The van der Waals surface area contributed by atoms with Gasteiger partial charge >= 0.3 is 25.7 Å². The van der Waals surface area contributed by atoms with Crippen molar-refractivity contribution in [1.82, 2.24) is 14.7 Å². The molecule has 0 amide bonds. The fourth-order valence-electron chi connectivity index (χ4n) is 4.50. The summed E-state index contributed by atoms with van der Waals surface area (Å²) in [6, 6.07) is 5.72. The van der Waals surface area contributed by atoms with Crippen molar-refractivity contribution in [1.29, 1.82) is 5.26 Å². The van der Waals surface area contributed by atoms with Crippen molar-refractivity contribution >= 4 is 36.9 Å². The van der Waals surface area contributed by atoms with Crippen LogP contribution in [0.2, 0.25) is 0 Å². The van der Waals surface area contributed by atoms with Crippen LogP contribution in [0.4, 0.5) is 5.69 Å². The maximum absolute atomic E-state index is 14.0. The van der Waals surface area contributed by atoms with Gasteiger partial charge in [-0.25, -0.2) is 14.2 Å². The fraction of sp³-hybridized carbons (Fsp3) is 0.633. The van der Waals surface area contributed by atoms with E-state index in [1.54, 1.807) is 59.7 Å². The molecule has 17 heteroatoms. The number of esters is 3. The number of methoxy groups -OCH3 is 1. The number of nitrogen functional groups attached to an aromatic ring is 1. The number of nitrogens with one attached hydrogen (secondary N) is 1. The summed E-state index contributed by atoms with van der Waals surface area (Å²) < 4.78 is 54.9. The molecule has 1 unspecified atom stereocenters. The smallest absolute Gasteiger partial charge is 0.406 e. The zero-order valence-corrected chi connectivity index (χ0v) is 28.7. The Morgan fingerprint density at radius 2 is 1.70 bits per heavy atom. The molecule has 1 aliphatic heterocycles. The van der Waals surface area contributed by atoms with Gasteiger partial charge in [0.1, 0.15) is 24.8 Å². The number of fused-ring (bicyclic) bond motifs is 1. The molecule has 2 aromatic heterocycles. The van der Waals surface area contributed by atoms with E-state index in [0.29, 0.717) is 16.9 Å². The van der Waals surface area contributed by atoms with E-state index in [1.807, 2.05) is 6.07 Å². The van der Waals surface area contributed by atoms with E-state index in [9.17, 15) is 24.2 Å². The minimum absolute atomic E-state index is 0.0150. The summed E-state index contributed by atoms with van der Waals surface area (Å²) in [5.41, 5.74) is 5.14. The van der Waals surface area contributed by atoms with Crippen molar-refractivity contribution in [2.75, 3.05) is 32.7 Å². The molecular formula is C30H44N5O11P. The minimum atomic E-state index is -4.42. The van der Waals surface area contributed by atoms with Gasteiger partial charge in [-0.05, 0) is 39.0 Å². The molecule has 0 aromatic carbocycles. The summed E-state index contributed by atoms with van der Waals surface area (Å²) in [4.78, 5) is 38.6. The summed E-state index contributed by atoms with van der Waals surface area (Å²) in [5, 5.41) is 17.5. The van der Waals surface area contributed by atoms with Gasteiger partial charge in [0.2, 0.25) is 5.60 Å². The molecule has 260 valence electrons. The molecule has 16 nitrogen and oxygen atoms in total. The first-order valence-corrected chi connectivity index (χ1v) is 16.7. The largest absolute Gasteiger partial charge is 0.462 e. The number of aromatic nitrogens is 2. The number of nitrogens with two attached hydrogens (primary N) is 1. The normalized spacial score (nSPS) is 23.1. The van der Waals surface area contributed by atoms with Gasteiger partial charge in [0.25, 0.3) is 0 Å². The Bertz CT molecular complexity index is 1510. The Labute approximate surface area is 273 Å². The number of hydrogen-bond acceptors (Lipinski definition) is 14. The van der Waals surface area contributed by atoms with Crippen molar-refractivity contribution in [2.45, 2.75) is 84.5 Å². The molecule has 0 radical (unpaired) electrons. The lowest BCUT2D eigenvalue weighted by Crippen LogP contribution is -2.50. The Morgan fingerprint density at radius 3 is 2.30 bits per heavy atom. The van der Waals surface area contributed by atoms with Crippen molar-refractivity contribution in [3.05, 3.63) is 30.1 Å². The molecule has 0 saturated carbocycles. The highest BCUT2D eigenvalue weighted by Crippen LogP contribution is 2.50. The van der Waals surface area contributed by atoms with Gasteiger partial charge in [-0.2, -0.15) is 10.4 Å². The summed E-state index contributed by atoms with van der Waals surface area (Å²) in [6.07, 6.45) is -3.22. The average Bonchev–Trinajstić information content (AvgIpc) is 3.56. The zero-order valence-electron chi connectivity index (χ0n) is 27.8. The summed E-state index contributed by atoms with van der Waals surface area (Å²) in [7, 11) is -3.02. The van der Waals surface area contributed by atoms with Crippen LogP contribution in [-0.2, 0) is 51.7 Å². The van der Waals surface area contributed by atoms with E-state index in [2.05, 4.69) is 10.2 Å². The predicted octanol–water partition coefficient (Wildman–Crippen LogP) is 3.10. The van der Waals surface area contributed by atoms with Gasteiger partial charge < -0.3 is 29.4 Å². The zero-order chi connectivity index (χ0) is 35.1. The van der Waals surface area contributed by atoms with E-state index in [-0.39, 0.29) is 13.2 Å². The molecule has 1 fully saturated rings. The van der Waals surface area contributed by atoms with Crippen molar-refractivity contribution in [2.24, 2.45) is 11.8 Å². The topological polar surface area (TPSA) is 212 Å². The van der Waals surface area contributed by atoms with E-state index in [4.69, 9.17) is 38.5 Å². The van der Waals surface area contributed by atoms with Crippen LogP contribution in [0.15, 0.2) is 24.4 Å². The Hall–Kier alpha value is -3.58. The molecule has 1 aliphatic rings. The fourth-order valence-corrected chi connectivity index (χ4v) is 5.98. The first-order chi connectivity index (χ1) is 22.1. The maximum Gasteiger partial charge on any atom is 0.406 e. The number of rotatable bonds is 16. The summed E-state index contributed by atoms with van der Waals surface area (Å²) >= 11 is 0. The Kier molecular flexibility index (Phi) is 12.9. The van der Waals surface area contributed by atoms with Crippen LogP contribution in [0.5, 0.6) is 0 Å². The van der Waals surface area contributed by atoms with E-state index in [0.717, 1.165) is 0 Å². The van der Waals surface area contributed by atoms with Crippen LogP contribution in [0.25, 0.3) is 5.52 Å². The second kappa shape index (κ2) is 16.0. The SMILES string of the molecule is COCCOP(=O)(N[C@@H](C)C(=O)OC(C)C)OC[C@@]1(C#N)O[C@@H](c2ccc3c(N)ccnn23)[C@H](OC(=O)C(C)C)[C@@H]1OC(=O)C(C)C.